The summed E-state index contributed by atoms with van der Waals surface area (Å²) in [7, 11) is 1.65. The summed E-state index contributed by atoms with van der Waals surface area (Å²) in [6.07, 6.45) is 0. The second-order valence-electron chi connectivity index (χ2n) is 4.07. The molecule has 0 spiro atoms. The molecule has 4 nitrogen and oxygen atoms in total. The van der Waals surface area contributed by atoms with Gasteiger partial charge >= 0.3 is 0 Å². The highest BCUT2D eigenvalue weighted by atomic mass is 32.1. The first-order valence-electron chi connectivity index (χ1n) is 5.69. The Labute approximate surface area is 119 Å². The number of hydrogen-bond donors (Lipinski definition) is 0. The van der Waals surface area contributed by atoms with Crippen LogP contribution in [0.25, 0.3) is 15.5 Å². The number of fused-ring (bicyclic) bond motifs is 1. The number of rotatable bonds is 2. The van der Waals surface area contributed by atoms with Gasteiger partial charge in [-0.2, -0.15) is 9.61 Å². The molecule has 0 aliphatic carbocycles. The van der Waals surface area contributed by atoms with Crippen molar-refractivity contribution in [3.8, 4) is 16.3 Å². The van der Waals surface area contributed by atoms with Gasteiger partial charge in [-0.15, -0.1) is 0 Å². The molecule has 0 fully saturated rings. The van der Waals surface area contributed by atoms with Crippen LogP contribution in [0.4, 0.5) is 0 Å². The summed E-state index contributed by atoms with van der Waals surface area (Å²) in [5.74, 6) is 0.810. The molecule has 19 heavy (non-hydrogen) atoms. The summed E-state index contributed by atoms with van der Waals surface area (Å²) in [5.41, 5.74) is 1.91. The van der Waals surface area contributed by atoms with E-state index in [1.54, 1.807) is 11.6 Å². The van der Waals surface area contributed by atoms with Gasteiger partial charge in [-0.1, -0.05) is 35.7 Å². The summed E-state index contributed by atoms with van der Waals surface area (Å²) in [5, 5.41) is 5.39. The molecule has 0 amide bonds. The maximum atomic E-state index is 5.30. The molecule has 0 N–H and O–H groups in total. The van der Waals surface area contributed by atoms with E-state index in [1.165, 1.54) is 11.3 Å². The molecule has 1 aromatic carbocycles. The number of benzene rings is 1. The Balaban J connectivity index is 2.20. The Morgan fingerprint density at radius 3 is 2.95 bits per heavy atom. The number of ether oxygens (including phenoxy) is 1. The number of aryl methyl sites for hydroxylation is 1. The first-order chi connectivity index (χ1) is 9.17. The van der Waals surface area contributed by atoms with E-state index in [0.717, 1.165) is 27.0 Å². The van der Waals surface area contributed by atoms with Crippen LogP contribution < -0.4 is 4.74 Å². The average molecular weight is 289 g/mol. The molecule has 2 aromatic heterocycles. The third kappa shape index (κ3) is 2.24. The molecule has 96 valence electrons. The van der Waals surface area contributed by atoms with Crippen molar-refractivity contribution in [3.63, 3.8) is 0 Å². The zero-order chi connectivity index (χ0) is 13.4. The lowest BCUT2D eigenvalue weighted by molar-refractivity contribution is 0.415. The van der Waals surface area contributed by atoms with Gasteiger partial charge in [0.25, 0.3) is 0 Å². The second kappa shape index (κ2) is 4.71. The van der Waals surface area contributed by atoms with E-state index in [4.69, 9.17) is 17.0 Å². The highest BCUT2D eigenvalue weighted by molar-refractivity contribution is 7.71. The van der Waals surface area contributed by atoms with Gasteiger partial charge in [0.1, 0.15) is 15.4 Å². The van der Waals surface area contributed by atoms with E-state index < -0.39 is 0 Å². The minimum Gasteiger partial charge on any atom is -0.497 e. The summed E-state index contributed by atoms with van der Waals surface area (Å²) < 4.78 is 7.60. The van der Waals surface area contributed by atoms with Crippen molar-refractivity contribution >= 4 is 28.5 Å². The largest absolute Gasteiger partial charge is 0.497 e. The third-order valence-electron chi connectivity index (χ3n) is 2.69. The van der Waals surface area contributed by atoms with E-state index in [2.05, 4.69) is 10.1 Å². The number of aromatic nitrogens is 3. The van der Waals surface area contributed by atoms with Crippen molar-refractivity contribution in [1.29, 1.82) is 0 Å². The first-order valence-corrected chi connectivity index (χ1v) is 6.92. The molecule has 6 heteroatoms. The van der Waals surface area contributed by atoms with Crippen LogP contribution in [-0.4, -0.2) is 21.7 Å². The summed E-state index contributed by atoms with van der Waals surface area (Å²) in [4.78, 5) is 5.25. The van der Waals surface area contributed by atoms with Gasteiger partial charge in [-0.05, 0) is 25.1 Å². The molecule has 0 saturated carbocycles. The Hall–Kier alpha value is -1.79. The topological polar surface area (TPSA) is 39.4 Å². The molecular formula is C13H11N3OS2. The molecular weight excluding hydrogens is 278 g/mol. The molecule has 0 saturated heterocycles. The highest BCUT2D eigenvalue weighted by Crippen LogP contribution is 2.27. The number of methoxy groups -OCH3 is 1. The lowest BCUT2D eigenvalue weighted by Gasteiger charge is -2.00. The van der Waals surface area contributed by atoms with Crippen molar-refractivity contribution in [2.75, 3.05) is 7.11 Å². The van der Waals surface area contributed by atoms with Gasteiger partial charge in [0.2, 0.25) is 4.96 Å². The monoisotopic (exact) mass is 289 g/mol. The van der Waals surface area contributed by atoms with Crippen LogP contribution in [0.2, 0.25) is 0 Å². The maximum absolute atomic E-state index is 5.30. The summed E-state index contributed by atoms with van der Waals surface area (Å²) in [6, 6.07) is 9.64. The maximum Gasteiger partial charge on any atom is 0.213 e. The fourth-order valence-corrected chi connectivity index (χ4v) is 3.10. The Bertz CT molecular complexity index is 807. The molecule has 0 unspecified atom stereocenters. The van der Waals surface area contributed by atoms with E-state index in [1.807, 2.05) is 37.3 Å². The molecule has 3 aromatic rings. The van der Waals surface area contributed by atoms with Crippen LogP contribution in [0.1, 0.15) is 5.69 Å². The van der Waals surface area contributed by atoms with Crippen LogP contribution >= 0.6 is 23.6 Å². The molecule has 0 atom stereocenters. The smallest absolute Gasteiger partial charge is 0.213 e. The molecule has 0 aliphatic rings. The van der Waals surface area contributed by atoms with Gasteiger partial charge in [-0.3, -0.25) is 0 Å². The first kappa shape index (κ1) is 12.3. The van der Waals surface area contributed by atoms with Crippen LogP contribution in [-0.2, 0) is 0 Å². The second-order valence-corrected chi connectivity index (χ2v) is 5.44. The average Bonchev–Trinajstić information content (AvgIpc) is 2.83. The molecule has 0 radical (unpaired) electrons. The minimum atomic E-state index is 0.674. The van der Waals surface area contributed by atoms with Crippen molar-refractivity contribution in [2.24, 2.45) is 0 Å². The van der Waals surface area contributed by atoms with Gasteiger partial charge in [0.15, 0.2) is 0 Å². The number of nitrogens with zero attached hydrogens (tertiary/aromatic N) is 3. The van der Waals surface area contributed by atoms with Crippen molar-refractivity contribution < 1.29 is 4.74 Å². The third-order valence-corrected chi connectivity index (χ3v) is 3.94. The molecule has 0 bridgehead atoms. The van der Waals surface area contributed by atoms with Crippen molar-refractivity contribution in [2.45, 2.75) is 6.92 Å². The van der Waals surface area contributed by atoms with Gasteiger partial charge < -0.3 is 4.74 Å². The van der Waals surface area contributed by atoms with E-state index in [0.29, 0.717) is 4.64 Å². The standard InChI is InChI=1S/C13H11N3OS2/c1-8-6-11(18)16-13(14-8)19-12(15-16)9-4-3-5-10(7-9)17-2/h3-7H,1-2H3. The summed E-state index contributed by atoms with van der Waals surface area (Å²) in [6.45, 7) is 1.93. The highest BCUT2D eigenvalue weighted by Gasteiger charge is 2.08. The van der Waals surface area contributed by atoms with Gasteiger partial charge in [0, 0.05) is 11.3 Å². The van der Waals surface area contributed by atoms with Crippen LogP contribution in [0.15, 0.2) is 30.3 Å². The fourth-order valence-electron chi connectivity index (χ4n) is 1.79. The van der Waals surface area contributed by atoms with Crippen LogP contribution in [0, 0.1) is 11.6 Å². The SMILES string of the molecule is COc1cccc(-c2nn3c(=S)cc(C)nc3s2)c1. The quantitative estimate of drug-likeness (QED) is 0.677. The zero-order valence-corrected chi connectivity index (χ0v) is 12.1. The summed E-state index contributed by atoms with van der Waals surface area (Å²) >= 11 is 6.81. The van der Waals surface area contributed by atoms with Crippen LogP contribution in [0.5, 0.6) is 5.75 Å². The van der Waals surface area contributed by atoms with Gasteiger partial charge in [-0.25, -0.2) is 4.98 Å². The molecule has 0 aliphatic heterocycles. The molecule has 3 rings (SSSR count). The van der Waals surface area contributed by atoms with Crippen molar-refractivity contribution in [3.05, 3.63) is 40.7 Å². The van der Waals surface area contributed by atoms with Crippen LogP contribution in [0.3, 0.4) is 0 Å². The predicted octanol–water partition coefficient (Wildman–Crippen LogP) is 3.50. The number of hydrogen-bond acceptors (Lipinski definition) is 5. The van der Waals surface area contributed by atoms with Crippen molar-refractivity contribution in [1.82, 2.24) is 14.6 Å². The normalized spacial score (nSPS) is 10.8. The van der Waals surface area contributed by atoms with E-state index in [-0.39, 0.29) is 0 Å². The molecule has 2 heterocycles. The predicted molar refractivity (Wildman–Crippen MR) is 78.4 cm³/mol. The Morgan fingerprint density at radius 2 is 2.16 bits per heavy atom. The minimum absolute atomic E-state index is 0.674. The van der Waals surface area contributed by atoms with Gasteiger partial charge in [0.05, 0.1) is 7.11 Å². The Kier molecular flexibility index (Phi) is 3.04. The zero-order valence-electron chi connectivity index (χ0n) is 10.5. The Morgan fingerprint density at radius 1 is 1.32 bits per heavy atom. The lowest BCUT2D eigenvalue weighted by Crippen LogP contribution is -1.93. The van der Waals surface area contributed by atoms with E-state index >= 15 is 0 Å². The van der Waals surface area contributed by atoms with E-state index in [9.17, 15) is 0 Å². The fraction of sp³-hybridized carbons (Fsp3) is 0.154. The lowest BCUT2D eigenvalue weighted by atomic mass is 10.2.